The van der Waals surface area contributed by atoms with Gasteiger partial charge in [-0.2, -0.15) is 0 Å². The predicted octanol–water partition coefficient (Wildman–Crippen LogP) is 4.09. The number of thiophene rings is 2. The van der Waals surface area contributed by atoms with Gasteiger partial charge in [0.05, 0.1) is 4.88 Å². The molecule has 0 aliphatic heterocycles. The van der Waals surface area contributed by atoms with Crippen LogP contribution in [-0.2, 0) is 0 Å². The van der Waals surface area contributed by atoms with E-state index in [1.54, 1.807) is 22.7 Å². The second-order valence-corrected chi connectivity index (χ2v) is 5.52. The summed E-state index contributed by atoms with van der Waals surface area (Å²) in [4.78, 5) is 5.58. The maximum Gasteiger partial charge on any atom is 0.133 e. The molecule has 3 rings (SSSR count). The van der Waals surface area contributed by atoms with Crippen molar-refractivity contribution in [2.75, 3.05) is 0 Å². The van der Waals surface area contributed by atoms with Gasteiger partial charge < -0.3 is 0 Å². The third kappa shape index (κ3) is 1.22. The van der Waals surface area contributed by atoms with Crippen LogP contribution in [0.5, 0.6) is 0 Å². The van der Waals surface area contributed by atoms with Gasteiger partial charge in [0.1, 0.15) is 5.01 Å². The summed E-state index contributed by atoms with van der Waals surface area (Å²) in [6.45, 7) is 0. The highest BCUT2D eigenvalue weighted by Crippen LogP contribution is 2.36. The summed E-state index contributed by atoms with van der Waals surface area (Å²) in [6, 6.07) is 4.39. The zero-order valence-electron chi connectivity index (χ0n) is 6.56. The molecule has 3 aromatic heterocycles. The molecule has 0 fully saturated rings. The lowest BCUT2D eigenvalue weighted by molar-refractivity contribution is 1.43. The van der Waals surface area contributed by atoms with E-state index in [0.717, 1.165) is 5.01 Å². The number of aromatic nitrogens is 1. The zero-order valence-corrected chi connectivity index (χ0v) is 9.01. The molecule has 13 heavy (non-hydrogen) atoms. The minimum absolute atomic E-state index is 1.13. The van der Waals surface area contributed by atoms with Gasteiger partial charge in [0.25, 0.3) is 0 Å². The zero-order chi connectivity index (χ0) is 8.67. The molecular formula is C9H5NS3. The number of hydrogen-bond acceptors (Lipinski definition) is 4. The fourth-order valence-corrected chi connectivity index (χ4v) is 4.03. The van der Waals surface area contributed by atoms with E-state index in [1.807, 2.05) is 22.9 Å². The minimum Gasteiger partial charge on any atom is -0.244 e. The monoisotopic (exact) mass is 223 g/mol. The van der Waals surface area contributed by atoms with Crippen LogP contribution < -0.4 is 0 Å². The molecule has 0 atom stereocenters. The number of hydrogen-bond donors (Lipinski definition) is 0. The van der Waals surface area contributed by atoms with Gasteiger partial charge in [0, 0.05) is 21.0 Å². The van der Waals surface area contributed by atoms with E-state index in [2.05, 4.69) is 22.5 Å². The smallest absolute Gasteiger partial charge is 0.133 e. The van der Waals surface area contributed by atoms with Crippen LogP contribution in [0.3, 0.4) is 0 Å². The fourth-order valence-electron chi connectivity index (χ4n) is 1.22. The molecule has 0 bridgehead atoms. The lowest BCUT2D eigenvalue weighted by Gasteiger charge is -1.84. The van der Waals surface area contributed by atoms with Gasteiger partial charge in [-0.3, -0.25) is 0 Å². The molecule has 0 radical (unpaired) electrons. The molecule has 0 saturated carbocycles. The van der Waals surface area contributed by atoms with Crippen LogP contribution in [0.4, 0.5) is 0 Å². The van der Waals surface area contributed by atoms with Crippen LogP contribution in [0.25, 0.3) is 19.3 Å². The molecule has 0 aliphatic rings. The van der Waals surface area contributed by atoms with Gasteiger partial charge in [-0.05, 0) is 17.5 Å². The summed E-state index contributed by atoms with van der Waals surface area (Å²) in [5.74, 6) is 0. The van der Waals surface area contributed by atoms with E-state index in [1.165, 1.54) is 14.3 Å². The molecule has 0 aliphatic carbocycles. The number of rotatable bonds is 1. The lowest BCUT2D eigenvalue weighted by Crippen LogP contribution is -1.63. The molecule has 4 heteroatoms. The average Bonchev–Trinajstić information content (AvgIpc) is 2.78. The van der Waals surface area contributed by atoms with Crippen molar-refractivity contribution in [1.82, 2.24) is 4.98 Å². The normalized spacial score (nSPS) is 11.1. The van der Waals surface area contributed by atoms with Crippen molar-refractivity contribution in [3.63, 3.8) is 0 Å². The quantitative estimate of drug-likeness (QED) is 0.605. The van der Waals surface area contributed by atoms with Crippen LogP contribution in [0, 0.1) is 0 Å². The Bertz CT molecular complexity index is 489. The molecular weight excluding hydrogens is 218 g/mol. The Morgan fingerprint density at radius 2 is 2.08 bits per heavy atom. The van der Waals surface area contributed by atoms with Crippen LogP contribution in [0.15, 0.2) is 29.1 Å². The van der Waals surface area contributed by atoms with Gasteiger partial charge in [0.2, 0.25) is 0 Å². The average molecular weight is 223 g/mol. The first kappa shape index (κ1) is 7.67. The van der Waals surface area contributed by atoms with Crippen molar-refractivity contribution in [2.45, 2.75) is 0 Å². The molecule has 0 amide bonds. The van der Waals surface area contributed by atoms with Gasteiger partial charge in [0.15, 0.2) is 0 Å². The molecule has 0 unspecified atom stereocenters. The summed E-state index contributed by atoms with van der Waals surface area (Å²) in [5.41, 5.74) is 0. The van der Waals surface area contributed by atoms with Crippen molar-refractivity contribution >= 4 is 43.4 Å². The second kappa shape index (κ2) is 2.90. The van der Waals surface area contributed by atoms with Crippen LogP contribution in [0.2, 0.25) is 0 Å². The number of fused-ring (bicyclic) bond motifs is 1. The Hall–Kier alpha value is -0.710. The molecule has 3 heterocycles. The summed E-state index contributed by atoms with van der Waals surface area (Å²) < 4.78 is 2.74. The summed E-state index contributed by atoms with van der Waals surface area (Å²) in [6.07, 6.45) is 1.85. The minimum atomic E-state index is 1.13. The molecule has 0 spiro atoms. The molecule has 0 saturated heterocycles. The van der Waals surface area contributed by atoms with Crippen molar-refractivity contribution in [3.8, 4) is 9.88 Å². The van der Waals surface area contributed by atoms with Crippen molar-refractivity contribution in [3.05, 3.63) is 29.1 Å². The van der Waals surface area contributed by atoms with Gasteiger partial charge in [-0.25, -0.2) is 4.98 Å². The van der Waals surface area contributed by atoms with E-state index in [-0.39, 0.29) is 0 Å². The van der Waals surface area contributed by atoms with Gasteiger partial charge in [-0.15, -0.1) is 34.0 Å². The van der Waals surface area contributed by atoms with Gasteiger partial charge in [-0.1, -0.05) is 0 Å². The maximum atomic E-state index is 4.29. The molecule has 64 valence electrons. The number of nitrogens with zero attached hydrogens (tertiary/aromatic N) is 1. The third-order valence-corrected chi connectivity index (χ3v) is 4.82. The second-order valence-electron chi connectivity index (χ2n) is 2.60. The third-order valence-electron chi connectivity index (χ3n) is 1.78. The van der Waals surface area contributed by atoms with Crippen LogP contribution in [0.1, 0.15) is 0 Å². The molecule has 0 aromatic carbocycles. The standard InChI is InChI=1S/C9H5NS3/c1-3-11-7-5-8(13-6(1)7)9-10-2-4-12-9/h1-5H. The van der Waals surface area contributed by atoms with Crippen LogP contribution >= 0.6 is 34.0 Å². The highest BCUT2D eigenvalue weighted by molar-refractivity contribution is 7.30. The SMILES string of the molecule is c1csc(-c2cc3sccc3s2)n1. The molecule has 1 nitrogen and oxygen atoms in total. The summed E-state index contributed by atoms with van der Waals surface area (Å²) in [5, 5.41) is 5.28. The largest absolute Gasteiger partial charge is 0.244 e. The van der Waals surface area contributed by atoms with E-state index in [9.17, 15) is 0 Å². The van der Waals surface area contributed by atoms with Crippen molar-refractivity contribution in [1.29, 1.82) is 0 Å². The van der Waals surface area contributed by atoms with Crippen molar-refractivity contribution in [2.24, 2.45) is 0 Å². The Labute approximate surface area is 87.3 Å². The Morgan fingerprint density at radius 3 is 2.85 bits per heavy atom. The van der Waals surface area contributed by atoms with E-state index in [4.69, 9.17) is 0 Å². The summed E-state index contributed by atoms with van der Waals surface area (Å²) >= 11 is 5.31. The number of thiazole rings is 1. The maximum absolute atomic E-state index is 4.29. The highest BCUT2D eigenvalue weighted by Gasteiger charge is 2.06. The lowest BCUT2D eigenvalue weighted by atomic mass is 10.4. The fraction of sp³-hybridized carbons (Fsp3) is 0. The predicted molar refractivity (Wildman–Crippen MR) is 60.8 cm³/mol. The molecule has 3 aromatic rings. The Morgan fingerprint density at radius 1 is 1.08 bits per heavy atom. The first-order valence-electron chi connectivity index (χ1n) is 3.80. The topological polar surface area (TPSA) is 12.9 Å². The van der Waals surface area contributed by atoms with E-state index < -0.39 is 0 Å². The first-order valence-corrected chi connectivity index (χ1v) is 6.38. The Kier molecular flexibility index (Phi) is 1.71. The van der Waals surface area contributed by atoms with Crippen LogP contribution in [-0.4, -0.2) is 4.98 Å². The van der Waals surface area contributed by atoms with E-state index in [0.29, 0.717) is 0 Å². The Balaban J connectivity index is 2.23. The van der Waals surface area contributed by atoms with E-state index >= 15 is 0 Å². The first-order chi connectivity index (χ1) is 6.43. The van der Waals surface area contributed by atoms with Gasteiger partial charge >= 0.3 is 0 Å². The highest BCUT2D eigenvalue weighted by atomic mass is 32.1. The van der Waals surface area contributed by atoms with Crippen molar-refractivity contribution < 1.29 is 0 Å². The summed E-state index contributed by atoms with van der Waals surface area (Å²) in [7, 11) is 0. The molecule has 0 N–H and O–H groups in total.